The summed E-state index contributed by atoms with van der Waals surface area (Å²) >= 11 is 0. The largest absolute Gasteiger partial charge is 0.390 e. The molecular weight excluding hydrogens is 113 g/mol. The molecule has 2 nitrogen and oxygen atoms in total. The number of aliphatic hydroxyl groups is 1. The first-order valence-corrected chi connectivity index (χ1v) is 3.19. The summed E-state index contributed by atoms with van der Waals surface area (Å²) in [4.78, 5) is 3.93. The molecule has 1 N–H and O–H groups in total. The quantitative estimate of drug-likeness (QED) is 0.494. The number of aliphatic imine (C=N–C) groups is 1. The van der Waals surface area contributed by atoms with Crippen molar-refractivity contribution in [3.63, 3.8) is 0 Å². The number of hydrogen-bond donors (Lipinski definition) is 1. The van der Waals surface area contributed by atoms with Gasteiger partial charge in [-0.25, -0.2) is 0 Å². The van der Waals surface area contributed by atoms with Crippen LogP contribution in [-0.4, -0.2) is 24.7 Å². The van der Waals surface area contributed by atoms with Gasteiger partial charge >= 0.3 is 0 Å². The van der Waals surface area contributed by atoms with E-state index in [1.54, 1.807) is 13.1 Å². The van der Waals surface area contributed by atoms with Crippen molar-refractivity contribution in [2.75, 3.05) is 0 Å². The maximum atomic E-state index is 9.03. The van der Waals surface area contributed by atoms with Crippen LogP contribution in [0, 0.1) is 0 Å². The van der Waals surface area contributed by atoms with Gasteiger partial charge in [0.25, 0.3) is 0 Å². The van der Waals surface area contributed by atoms with Gasteiger partial charge in [-0.05, 0) is 19.5 Å². The van der Waals surface area contributed by atoms with Crippen LogP contribution in [0.2, 0.25) is 6.32 Å². The van der Waals surface area contributed by atoms with E-state index >= 15 is 0 Å². The van der Waals surface area contributed by atoms with Gasteiger partial charge in [0.1, 0.15) is 0 Å². The summed E-state index contributed by atoms with van der Waals surface area (Å²) in [6, 6.07) is 0. The Labute approximate surface area is 55.5 Å². The Morgan fingerprint density at radius 2 is 2.67 bits per heavy atom. The first kappa shape index (κ1) is 6.55. The van der Waals surface area contributed by atoms with E-state index in [9.17, 15) is 0 Å². The maximum Gasteiger partial charge on any atom is 0.163 e. The van der Waals surface area contributed by atoms with Gasteiger partial charge in [0.2, 0.25) is 0 Å². The predicted molar refractivity (Wildman–Crippen MR) is 40.2 cm³/mol. The standard InChI is InChI=1S/C6H10BNO/c1-5(9)6-4-8-3-2-7-6/h3-5,7,9H,2H2,1H3/t5-/m0/s1. The van der Waals surface area contributed by atoms with E-state index in [1.807, 2.05) is 6.21 Å². The number of hydrogen-bond acceptors (Lipinski definition) is 2. The molecule has 0 bridgehead atoms. The smallest absolute Gasteiger partial charge is 0.163 e. The Morgan fingerprint density at radius 1 is 1.89 bits per heavy atom. The second-order valence-electron chi connectivity index (χ2n) is 2.25. The molecule has 0 radical (unpaired) electrons. The third-order valence-electron chi connectivity index (χ3n) is 1.44. The Hall–Kier alpha value is -0.565. The molecule has 0 unspecified atom stereocenters. The summed E-state index contributed by atoms with van der Waals surface area (Å²) in [6.45, 7) is 1.77. The van der Waals surface area contributed by atoms with Gasteiger partial charge in [-0.1, -0.05) is 5.47 Å². The highest BCUT2D eigenvalue weighted by Gasteiger charge is 2.06. The van der Waals surface area contributed by atoms with E-state index in [1.165, 1.54) is 0 Å². The lowest BCUT2D eigenvalue weighted by molar-refractivity contribution is 0.238. The van der Waals surface area contributed by atoms with Crippen molar-refractivity contribution in [1.29, 1.82) is 0 Å². The van der Waals surface area contributed by atoms with Crippen LogP contribution in [0.25, 0.3) is 0 Å². The molecule has 3 heteroatoms. The molecule has 0 aromatic carbocycles. The Morgan fingerprint density at radius 3 is 3.00 bits per heavy atom. The van der Waals surface area contributed by atoms with Crippen LogP contribution in [0.4, 0.5) is 0 Å². The molecule has 1 aliphatic heterocycles. The van der Waals surface area contributed by atoms with Crippen molar-refractivity contribution in [3.05, 3.63) is 11.7 Å². The van der Waals surface area contributed by atoms with Gasteiger partial charge in [0.05, 0.1) is 6.10 Å². The summed E-state index contributed by atoms with van der Waals surface area (Å²) in [5.41, 5.74) is 1.04. The van der Waals surface area contributed by atoms with Gasteiger partial charge < -0.3 is 5.11 Å². The molecule has 0 aromatic heterocycles. The van der Waals surface area contributed by atoms with E-state index in [2.05, 4.69) is 4.99 Å². The molecule has 1 rings (SSSR count). The van der Waals surface area contributed by atoms with Crippen LogP contribution in [0.15, 0.2) is 16.7 Å². The minimum absolute atomic E-state index is 0.317. The minimum atomic E-state index is -0.317. The van der Waals surface area contributed by atoms with Crippen molar-refractivity contribution < 1.29 is 5.11 Å². The van der Waals surface area contributed by atoms with Crippen LogP contribution >= 0.6 is 0 Å². The highest BCUT2D eigenvalue weighted by molar-refractivity contribution is 6.49. The average Bonchev–Trinajstić information content (AvgIpc) is 1.90. The second-order valence-corrected chi connectivity index (χ2v) is 2.25. The highest BCUT2D eigenvalue weighted by Crippen LogP contribution is 2.04. The molecule has 1 atom stereocenters. The lowest BCUT2D eigenvalue weighted by atomic mass is 9.64. The molecular formula is C6H10BNO. The molecule has 0 saturated carbocycles. The number of rotatable bonds is 1. The summed E-state index contributed by atoms with van der Waals surface area (Å²) in [5.74, 6) is 0. The number of nitrogens with zero attached hydrogens (tertiary/aromatic N) is 1. The molecule has 0 fully saturated rings. The van der Waals surface area contributed by atoms with Crippen LogP contribution < -0.4 is 0 Å². The van der Waals surface area contributed by atoms with Gasteiger partial charge in [-0.3, -0.25) is 4.99 Å². The molecule has 0 aromatic rings. The Bertz CT molecular complexity index is 151. The molecule has 0 aliphatic carbocycles. The Balaban J connectivity index is 2.57. The van der Waals surface area contributed by atoms with E-state index in [0.717, 1.165) is 19.1 Å². The second kappa shape index (κ2) is 2.83. The highest BCUT2D eigenvalue weighted by atomic mass is 16.3. The van der Waals surface area contributed by atoms with Crippen LogP contribution in [0.5, 0.6) is 0 Å². The van der Waals surface area contributed by atoms with Gasteiger partial charge in [0.15, 0.2) is 7.28 Å². The van der Waals surface area contributed by atoms with Gasteiger partial charge in [-0.15, -0.1) is 0 Å². The topological polar surface area (TPSA) is 32.6 Å². The zero-order valence-electron chi connectivity index (χ0n) is 5.54. The summed E-state index contributed by atoms with van der Waals surface area (Å²) < 4.78 is 0. The number of aliphatic hydroxyl groups excluding tert-OH is 1. The van der Waals surface area contributed by atoms with E-state index < -0.39 is 0 Å². The van der Waals surface area contributed by atoms with Crippen molar-refractivity contribution in [1.82, 2.24) is 0 Å². The molecule has 48 valence electrons. The SMILES string of the molecule is C[C@H](O)C1=CN=CCB1. The lowest BCUT2D eigenvalue weighted by Crippen LogP contribution is -2.13. The van der Waals surface area contributed by atoms with Crippen LogP contribution in [0.1, 0.15) is 6.92 Å². The van der Waals surface area contributed by atoms with Crippen molar-refractivity contribution in [3.8, 4) is 0 Å². The van der Waals surface area contributed by atoms with Crippen LogP contribution in [0.3, 0.4) is 0 Å². The van der Waals surface area contributed by atoms with Gasteiger partial charge in [0, 0.05) is 6.20 Å². The fraction of sp³-hybridized carbons (Fsp3) is 0.500. The monoisotopic (exact) mass is 123 g/mol. The zero-order chi connectivity index (χ0) is 6.69. The minimum Gasteiger partial charge on any atom is -0.390 e. The van der Waals surface area contributed by atoms with Crippen molar-refractivity contribution >= 4 is 13.5 Å². The van der Waals surface area contributed by atoms with Crippen molar-refractivity contribution in [2.24, 2.45) is 4.99 Å². The van der Waals surface area contributed by atoms with E-state index in [4.69, 9.17) is 5.11 Å². The fourth-order valence-electron chi connectivity index (χ4n) is 0.836. The summed E-state index contributed by atoms with van der Waals surface area (Å²) in [6.07, 6.45) is 4.26. The lowest BCUT2D eigenvalue weighted by Gasteiger charge is -2.08. The summed E-state index contributed by atoms with van der Waals surface area (Å²) in [5, 5.41) is 9.03. The molecule has 1 heterocycles. The van der Waals surface area contributed by atoms with Gasteiger partial charge in [-0.2, -0.15) is 0 Å². The fourth-order valence-corrected chi connectivity index (χ4v) is 0.836. The Kier molecular flexibility index (Phi) is 2.06. The first-order chi connectivity index (χ1) is 4.30. The van der Waals surface area contributed by atoms with E-state index in [-0.39, 0.29) is 6.10 Å². The average molecular weight is 123 g/mol. The third kappa shape index (κ3) is 1.68. The predicted octanol–water partition coefficient (Wildman–Crippen LogP) is 0.148. The third-order valence-corrected chi connectivity index (χ3v) is 1.44. The maximum absolute atomic E-state index is 9.03. The zero-order valence-corrected chi connectivity index (χ0v) is 5.54. The molecule has 0 spiro atoms. The molecule has 1 aliphatic rings. The molecule has 0 saturated heterocycles. The molecule has 9 heavy (non-hydrogen) atoms. The van der Waals surface area contributed by atoms with E-state index in [0.29, 0.717) is 0 Å². The molecule has 0 amide bonds. The first-order valence-electron chi connectivity index (χ1n) is 3.19. The van der Waals surface area contributed by atoms with Crippen LogP contribution in [-0.2, 0) is 0 Å². The summed E-state index contributed by atoms with van der Waals surface area (Å²) in [7, 11) is 0.959. The van der Waals surface area contributed by atoms with Crippen molar-refractivity contribution in [2.45, 2.75) is 19.3 Å². The normalized spacial score (nSPS) is 20.4.